The number of rotatable bonds is 9. The van der Waals surface area contributed by atoms with E-state index in [1.165, 1.54) is 7.11 Å². The molecule has 0 bridgehead atoms. The van der Waals surface area contributed by atoms with Crippen molar-refractivity contribution in [3.8, 4) is 11.5 Å². The summed E-state index contributed by atoms with van der Waals surface area (Å²) in [4.78, 5) is 12.2. The topological polar surface area (TPSA) is 105 Å². The Morgan fingerprint density at radius 2 is 1.93 bits per heavy atom. The standard InChI is InChI=1S/C19H24N2O5S/c1-14(19(23)20-11-10-15-6-3-4-9-18(15)22)13-27(24,25)21-16-7-5-8-17(12-16)26-2/h3-9,12,14,21-22H,10-11,13H2,1-2H3,(H,20,23). The van der Waals surface area contributed by atoms with Crippen molar-refractivity contribution in [3.63, 3.8) is 0 Å². The Labute approximate surface area is 159 Å². The molecule has 3 N–H and O–H groups in total. The average Bonchev–Trinajstić information content (AvgIpc) is 2.62. The fourth-order valence-electron chi connectivity index (χ4n) is 2.53. The Morgan fingerprint density at radius 1 is 1.19 bits per heavy atom. The molecule has 0 aromatic heterocycles. The van der Waals surface area contributed by atoms with Gasteiger partial charge in [-0.15, -0.1) is 0 Å². The van der Waals surface area contributed by atoms with Gasteiger partial charge in [0.15, 0.2) is 0 Å². The van der Waals surface area contributed by atoms with E-state index in [0.29, 0.717) is 24.4 Å². The number of phenolic OH excluding ortho intramolecular Hbond substituents is 1. The van der Waals surface area contributed by atoms with E-state index in [2.05, 4.69) is 10.0 Å². The predicted molar refractivity (Wildman–Crippen MR) is 104 cm³/mol. The summed E-state index contributed by atoms with van der Waals surface area (Å²) < 4.78 is 32.1. The Balaban J connectivity index is 1.85. The van der Waals surface area contributed by atoms with Gasteiger partial charge in [0.25, 0.3) is 0 Å². The van der Waals surface area contributed by atoms with Crippen LogP contribution < -0.4 is 14.8 Å². The van der Waals surface area contributed by atoms with Gasteiger partial charge in [-0.2, -0.15) is 0 Å². The molecular formula is C19H24N2O5S. The number of benzene rings is 2. The van der Waals surface area contributed by atoms with Gasteiger partial charge in [-0.05, 0) is 30.2 Å². The molecule has 0 heterocycles. The lowest BCUT2D eigenvalue weighted by atomic mass is 10.1. The quantitative estimate of drug-likeness (QED) is 0.606. The van der Waals surface area contributed by atoms with Crippen molar-refractivity contribution < 1.29 is 23.1 Å². The molecular weight excluding hydrogens is 368 g/mol. The number of amides is 1. The molecule has 2 aromatic rings. The van der Waals surface area contributed by atoms with E-state index in [9.17, 15) is 18.3 Å². The van der Waals surface area contributed by atoms with E-state index in [1.54, 1.807) is 55.5 Å². The first-order chi connectivity index (χ1) is 12.8. The zero-order valence-electron chi connectivity index (χ0n) is 15.3. The number of anilines is 1. The van der Waals surface area contributed by atoms with Crippen molar-refractivity contribution in [1.29, 1.82) is 0 Å². The first-order valence-corrected chi connectivity index (χ1v) is 10.1. The minimum absolute atomic E-state index is 0.171. The van der Waals surface area contributed by atoms with E-state index in [-0.39, 0.29) is 17.4 Å². The van der Waals surface area contributed by atoms with E-state index in [1.807, 2.05) is 0 Å². The van der Waals surface area contributed by atoms with Gasteiger partial charge in [0.05, 0.1) is 24.5 Å². The van der Waals surface area contributed by atoms with Crippen LogP contribution in [0.3, 0.4) is 0 Å². The summed E-state index contributed by atoms with van der Waals surface area (Å²) in [5.41, 5.74) is 1.10. The summed E-state index contributed by atoms with van der Waals surface area (Å²) in [5.74, 6) is -0.721. The van der Waals surface area contributed by atoms with Gasteiger partial charge in [0.2, 0.25) is 15.9 Å². The van der Waals surface area contributed by atoms with E-state index < -0.39 is 15.9 Å². The Hall–Kier alpha value is -2.74. The highest BCUT2D eigenvalue weighted by atomic mass is 32.2. The highest BCUT2D eigenvalue weighted by molar-refractivity contribution is 7.92. The van der Waals surface area contributed by atoms with Gasteiger partial charge in [-0.1, -0.05) is 31.2 Å². The molecule has 2 rings (SSSR count). The second kappa shape index (κ2) is 9.27. The molecule has 0 aliphatic rings. The van der Waals surface area contributed by atoms with Crippen LogP contribution in [0.4, 0.5) is 5.69 Å². The second-order valence-electron chi connectivity index (χ2n) is 6.19. The van der Waals surface area contributed by atoms with Crippen molar-refractivity contribution in [2.45, 2.75) is 13.3 Å². The lowest BCUT2D eigenvalue weighted by Gasteiger charge is -2.14. The van der Waals surface area contributed by atoms with Crippen LogP contribution in [0.15, 0.2) is 48.5 Å². The van der Waals surface area contributed by atoms with Gasteiger partial charge < -0.3 is 15.2 Å². The molecule has 0 radical (unpaired) electrons. The maximum atomic E-state index is 12.3. The highest BCUT2D eigenvalue weighted by Gasteiger charge is 2.21. The molecule has 8 heteroatoms. The minimum Gasteiger partial charge on any atom is -0.508 e. The third-order valence-electron chi connectivity index (χ3n) is 3.95. The number of methoxy groups -OCH3 is 1. The number of nitrogens with one attached hydrogen (secondary N) is 2. The zero-order chi connectivity index (χ0) is 19.9. The summed E-state index contributed by atoms with van der Waals surface area (Å²) in [5, 5.41) is 12.4. The van der Waals surface area contributed by atoms with Crippen molar-refractivity contribution >= 4 is 21.6 Å². The number of hydrogen-bond donors (Lipinski definition) is 3. The van der Waals surface area contributed by atoms with Crippen LogP contribution in [-0.2, 0) is 21.2 Å². The molecule has 1 amide bonds. The predicted octanol–water partition coefficient (Wildman–Crippen LogP) is 2.14. The van der Waals surface area contributed by atoms with Gasteiger partial charge in [-0.25, -0.2) is 8.42 Å². The van der Waals surface area contributed by atoms with Gasteiger partial charge in [0, 0.05) is 12.6 Å². The average molecular weight is 392 g/mol. The minimum atomic E-state index is -3.69. The van der Waals surface area contributed by atoms with Crippen LogP contribution in [0, 0.1) is 5.92 Å². The Morgan fingerprint density at radius 3 is 2.63 bits per heavy atom. The summed E-state index contributed by atoms with van der Waals surface area (Å²) >= 11 is 0. The second-order valence-corrected chi connectivity index (χ2v) is 7.95. The molecule has 0 saturated heterocycles. The normalized spacial score (nSPS) is 12.2. The zero-order valence-corrected chi connectivity index (χ0v) is 16.1. The first-order valence-electron chi connectivity index (χ1n) is 8.50. The van der Waals surface area contributed by atoms with Gasteiger partial charge >= 0.3 is 0 Å². The molecule has 146 valence electrons. The molecule has 0 spiro atoms. The fourth-order valence-corrected chi connectivity index (χ4v) is 3.91. The molecule has 27 heavy (non-hydrogen) atoms. The largest absolute Gasteiger partial charge is 0.508 e. The first kappa shape index (κ1) is 20.6. The number of aromatic hydroxyl groups is 1. The van der Waals surface area contributed by atoms with Crippen molar-refractivity contribution in [1.82, 2.24) is 5.32 Å². The number of carbonyl (C=O) groups is 1. The monoisotopic (exact) mass is 392 g/mol. The molecule has 0 aliphatic heterocycles. The van der Waals surface area contributed by atoms with Crippen molar-refractivity contribution in [2.75, 3.05) is 24.1 Å². The Kier molecular flexibility index (Phi) is 7.06. The summed E-state index contributed by atoms with van der Waals surface area (Å²) in [7, 11) is -2.20. The lowest BCUT2D eigenvalue weighted by Crippen LogP contribution is -2.35. The van der Waals surface area contributed by atoms with Crippen LogP contribution in [0.5, 0.6) is 11.5 Å². The number of sulfonamides is 1. The molecule has 1 atom stereocenters. The van der Waals surface area contributed by atoms with Crippen LogP contribution in [0.2, 0.25) is 0 Å². The van der Waals surface area contributed by atoms with Gasteiger partial charge in [0.1, 0.15) is 11.5 Å². The van der Waals surface area contributed by atoms with Crippen molar-refractivity contribution in [2.24, 2.45) is 5.92 Å². The molecule has 0 saturated carbocycles. The highest BCUT2D eigenvalue weighted by Crippen LogP contribution is 2.19. The lowest BCUT2D eigenvalue weighted by molar-refractivity contribution is -0.123. The summed E-state index contributed by atoms with van der Waals surface area (Å²) in [6.07, 6.45) is 0.458. The number of phenols is 1. The van der Waals surface area contributed by atoms with Gasteiger partial charge in [-0.3, -0.25) is 9.52 Å². The van der Waals surface area contributed by atoms with Crippen LogP contribution in [0.25, 0.3) is 0 Å². The Bertz CT molecular complexity index is 883. The number of carbonyl (C=O) groups excluding carboxylic acids is 1. The van der Waals surface area contributed by atoms with Crippen LogP contribution in [-0.4, -0.2) is 38.8 Å². The molecule has 2 aromatic carbocycles. The van der Waals surface area contributed by atoms with E-state index in [4.69, 9.17) is 4.74 Å². The van der Waals surface area contributed by atoms with Crippen LogP contribution in [0.1, 0.15) is 12.5 Å². The number of ether oxygens (including phenoxy) is 1. The fraction of sp³-hybridized carbons (Fsp3) is 0.316. The molecule has 1 unspecified atom stereocenters. The molecule has 7 nitrogen and oxygen atoms in total. The van der Waals surface area contributed by atoms with E-state index in [0.717, 1.165) is 5.56 Å². The van der Waals surface area contributed by atoms with Crippen LogP contribution >= 0.6 is 0 Å². The third-order valence-corrected chi connectivity index (χ3v) is 5.43. The molecule has 0 fully saturated rings. The smallest absolute Gasteiger partial charge is 0.233 e. The summed E-state index contributed by atoms with van der Waals surface area (Å²) in [6, 6.07) is 13.4. The number of para-hydroxylation sites is 1. The maximum Gasteiger partial charge on any atom is 0.233 e. The molecule has 0 aliphatic carbocycles. The summed E-state index contributed by atoms with van der Waals surface area (Å²) in [6.45, 7) is 1.87. The number of hydrogen-bond acceptors (Lipinski definition) is 5. The maximum absolute atomic E-state index is 12.3. The van der Waals surface area contributed by atoms with Crippen molar-refractivity contribution in [3.05, 3.63) is 54.1 Å². The SMILES string of the molecule is COc1cccc(NS(=O)(=O)CC(C)C(=O)NCCc2ccccc2O)c1. The van der Waals surface area contributed by atoms with E-state index >= 15 is 0 Å². The third kappa shape index (κ3) is 6.49.